The predicted molar refractivity (Wildman–Crippen MR) is 82.9 cm³/mol. The van der Waals surface area contributed by atoms with E-state index in [9.17, 15) is 0 Å². The van der Waals surface area contributed by atoms with Crippen LogP contribution in [0.1, 0.15) is 0 Å². The third kappa shape index (κ3) is 2.67. The molecule has 0 atom stereocenters. The van der Waals surface area contributed by atoms with E-state index >= 15 is 0 Å². The minimum Gasteiger partial charge on any atom is -0.216 e. The first-order valence-corrected chi connectivity index (χ1v) is 6.84. The first-order valence-electron chi connectivity index (χ1n) is 6.09. The summed E-state index contributed by atoms with van der Waals surface area (Å²) in [5.74, 6) is 0.530. The molecule has 0 unspecified atom stereocenters. The average molecular weight is 301 g/mol. The first-order chi connectivity index (χ1) is 9.74. The Morgan fingerprint density at radius 1 is 0.650 bits per heavy atom. The molecule has 2 aromatic carbocycles. The third-order valence-electron chi connectivity index (χ3n) is 2.92. The number of halogens is 2. The van der Waals surface area contributed by atoms with E-state index in [-0.39, 0.29) is 0 Å². The molecule has 2 nitrogen and oxygen atoms in total. The van der Waals surface area contributed by atoms with Crippen LogP contribution in [0.15, 0.2) is 60.7 Å². The first kappa shape index (κ1) is 13.1. The molecule has 20 heavy (non-hydrogen) atoms. The van der Waals surface area contributed by atoms with Crippen molar-refractivity contribution in [3.8, 4) is 22.5 Å². The second-order valence-corrected chi connectivity index (χ2v) is 5.02. The molecule has 0 radical (unpaired) electrons. The number of nitrogens with zero attached hydrogens (tertiary/aromatic N) is 2. The molecule has 0 fully saturated rings. The van der Waals surface area contributed by atoms with Gasteiger partial charge in [-0.15, -0.1) is 0 Å². The van der Waals surface area contributed by atoms with Gasteiger partial charge in [-0.25, -0.2) is 9.97 Å². The molecular formula is C16H10Cl2N2. The van der Waals surface area contributed by atoms with Gasteiger partial charge in [0.05, 0.1) is 0 Å². The van der Waals surface area contributed by atoms with Gasteiger partial charge in [-0.2, -0.15) is 0 Å². The van der Waals surface area contributed by atoms with Gasteiger partial charge in [0.2, 0.25) is 0 Å². The Kier molecular flexibility index (Phi) is 3.68. The van der Waals surface area contributed by atoms with Gasteiger partial charge in [0, 0.05) is 11.6 Å². The Hall–Kier alpha value is -1.90. The van der Waals surface area contributed by atoms with Crippen molar-refractivity contribution >= 4 is 23.2 Å². The maximum atomic E-state index is 5.96. The van der Waals surface area contributed by atoms with Gasteiger partial charge >= 0.3 is 0 Å². The summed E-state index contributed by atoms with van der Waals surface area (Å²) in [4.78, 5) is 8.52. The Morgan fingerprint density at radius 2 is 1.20 bits per heavy atom. The van der Waals surface area contributed by atoms with Crippen LogP contribution in [0.2, 0.25) is 10.3 Å². The van der Waals surface area contributed by atoms with Crippen LogP contribution in [0.25, 0.3) is 22.5 Å². The lowest BCUT2D eigenvalue weighted by atomic mass is 9.99. The van der Waals surface area contributed by atoms with Gasteiger partial charge in [0.1, 0.15) is 10.3 Å². The zero-order valence-corrected chi connectivity index (χ0v) is 11.9. The van der Waals surface area contributed by atoms with Crippen molar-refractivity contribution in [2.75, 3.05) is 0 Å². The number of hydrogen-bond donors (Lipinski definition) is 0. The van der Waals surface area contributed by atoms with Crippen LogP contribution >= 0.6 is 23.2 Å². The van der Waals surface area contributed by atoms with Gasteiger partial charge in [-0.1, -0.05) is 77.8 Å². The van der Waals surface area contributed by atoms with Crippen molar-refractivity contribution in [1.82, 2.24) is 9.97 Å². The lowest BCUT2D eigenvalue weighted by Gasteiger charge is -2.09. The fourth-order valence-electron chi connectivity index (χ4n) is 2.06. The van der Waals surface area contributed by atoms with Crippen molar-refractivity contribution < 1.29 is 0 Å². The summed E-state index contributed by atoms with van der Waals surface area (Å²) in [5.41, 5.74) is 3.05. The second kappa shape index (κ2) is 5.61. The molecule has 1 aromatic heterocycles. The van der Waals surface area contributed by atoms with Crippen LogP contribution in [-0.2, 0) is 0 Å². The van der Waals surface area contributed by atoms with Crippen LogP contribution in [0.5, 0.6) is 0 Å². The largest absolute Gasteiger partial charge is 0.216 e. The van der Waals surface area contributed by atoms with E-state index in [0.717, 1.165) is 16.7 Å². The van der Waals surface area contributed by atoms with Crippen LogP contribution < -0.4 is 0 Å². The fourth-order valence-corrected chi connectivity index (χ4v) is 2.48. The van der Waals surface area contributed by atoms with Gasteiger partial charge in [-0.3, -0.25) is 0 Å². The minimum absolute atomic E-state index is 0.336. The summed E-state index contributed by atoms with van der Waals surface area (Å²) in [5, 5.41) is 0.672. The summed E-state index contributed by atoms with van der Waals surface area (Å²) in [7, 11) is 0. The molecule has 0 amide bonds. The van der Waals surface area contributed by atoms with Crippen LogP contribution in [0, 0.1) is 0 Å². The molecule has 0 N–H and O–H groups in total. The smallest absolute Gasteiger partial charge is 0.163 e. The summed E-state index contributed by atoms with van der Waals surface area (Å²) in [6.45, 7) is 0. The Balaban J connectivity index is 2.20. The zero-order valence-electron chi connectivity index (χ0n) is 10.4. The van der Waals surface area contributed by atoms with Gasteiger partial charge in [0.15, 0.2) is 5.82 Å². The molecule has 0 saturated carbocycles. The van der Waals surface area contributed by atoms with E-state index in [0.29, 0.717) is 16.1 Å². The fraction of sp³-hybridized carbons (Fsp3) is 0. The Labute approximate surface area is 127 Å². The SMILES string of the molecule is Clc1cc(Cl)nc(-c2ccccc2-c2ccccc2)n1. The number of hydrogen-bond acceptors (Lipinski definition) is 2. The molecule has 1 heterocycles. The number of aromatic nitrogens is 2. The van der Waals surface area contributed by atoms with Crippen LogP contribution in [0.4, 0.5) is 0 Å². The lowest BCUT2D eigenvalue weighted by Crippen LogP contribution is -1.92. The van der Waals surface area contributed by atoms with Gasteiger partial charge < -0.3 is 0 Å². The molecule has 98 valence electrons. The average Bonchev–Trinajstić information content (AvgIpc) is 2.47. The number of rotatable bonds is 2. The molecule has 3 aromatic rings. The Morgan fingerprint density at radius 3 is 1.85 bits per heavy atom. The highest BCUT2D eigenvalue weighted by atomic mass is 35.5. The topological polar surface area (TPSA) is 25.8 Å². The molecular weight excluding hydrogens is 291 g/mol. The van der Waals surface area contributed by atoms with E-state index in [1.807, 2.05) is 54.6 Å². The minimum atomic E-state index is 0.336. The van der Waals surface area contributed by atoms with Crippen LogP contribution in [0.3, 0.4) is 0 Å². The van der Waals surface area contributed by atoms with E-state index in [1.165, 1.54) is 6.07 Å². The molecule has 0 aliphatic heterocycles. The summed E-state index contributed by atoms with van der Waals surface area (Å²) in [6, 6.07) is 19.5. The standard InChI is InChI=1S/C16H10Cl2N2/c17-14-10-15(18)20-16(19-14)13-9-5-4-8-12(13)11-6-2-1-3-7-11/h1-10H. The van der Waals surface area contributed by atoms with E-state index in [2.05, 4.69) is 9.97 Å². The molecule has 0 aliphatic rings. The van der Waals surface area contributed by atoms with Gasteiger partial charge in [-0.05, 0) is 11.1 Å². The van der Waals surface area contributed by atoms with Crippen molar-refractivity contribution in [3.05, 3.63) is 71.0 Å². The van der Waals surface area contributed by atoms with E-state index < -0.39 is 0 Å². The van der Waals surface area contributed by atoms with Crippen molar-refractivity contribution in [1.29, 1.82) is 0 Å². The molecule has 3 rings (SSSR count). The van der Waals surface area contributed by atoms with E-state index in [1.54, 1.807) is 0 Å². The Bertz CT molecular complexity index is 722. The highest BCUT2D eigenvalue weighted by molar-refractivity contribution is 6.33. The molecule has 0 saturated heterocycles. The summed E-state index contributed by atoms with van der Waals surface area (Å²) >= 11 is 11.9. The quantitative estimate of drug-likeness (QED) is 0.614. The van der Waals surface area contributed by atoms with Gasteiger partial charge in [0.25, 0.3) is 0 Å². The third-order valence-corrected chi connectivity index (χ3v) is 3.30. The van der Waals surface area contributed by atoms with E-state index in [4.69, 9.17) is 23.2 Å². The molecule has 0 aliphatic carbocycles. The molecule has 0 bridgehead atoms. The monoisotopic (exact) mass is 300 g/mol. The van der Waals surface area contributed by atoms with Crippen molar-refractivity contribution in [3.63, 3.8) is 0 Å². The summed E-state index contributed by atoms with van der Waals surface area (Å²) in [6.07, 6.45) is 0. The predicted octanol–water partition coefficient (Wildman–Crippen LogP) is 5.12. The molecule has 4 heteroatoms. The van der Waals surface area contributed by atoms with Crippen LogP contribution in [-0.4, -0.2) is 9.97 Å². The normalized spacial score (nSPS) is 10.5. The molecule has 0 spiro atoms. The number of benzene rings is 2. The lowest BCUT2D eigenvalue weighted by molar-refractivity contribution is 1.18. The van der Waals surface area contributed by atoms with Crippen molar-refractivity contribution in [2.24, 2.45) is 0 Å². The second-order valence-electron chi connectivity index (χ2n) is 4.25. The zero-order chi connectivity index (χ0) is 13.9. The van der Waals surface area contributed by atoms with Crippen molar-refractivity contribution in [2.45, 2.75) is 0 Å². The maximum absolute atomic E-state index is 5.96. The highest BCUT2D eigenvalue weighted by Gasteiger charge is 2.10. The summed E-state index contributed by atoms with van der Waals surface area (Å²) < 4.78 is 0. The maximum Gasteiger partial charge on any atom is 0.163 e. The highest BCUT2D eigenvalue weighted by Crippen LogP contribution is 2.31.